The van der Waals surface area contributed by atoms with Crippen molar-refractivity contribution in [2.75, 3.05) is 6.54 Å². The third-order valence-electron chi connectivity index (χ3n) is 2.09. The van der Waals surface area contributed by atoms with Gasteiger partial charge in [-0.2, -0.15) is 0 Å². The van der Waals surface area contributed by atoms with Crippen LogP contribution >= 0.6 is 0 Å². The second kappa shape index (κ2) is 7.06. The average Bonchev–Trinajstić information content (AvgIpc) is 2.11. The van der Waals surface area contributed by atoms with Crippen molar-refractivity contribution in [3.63, 3.8) is 0 Å². The molecule has 1 amide bonds. The average molecular weight is 173 g/mol. The molecule has 0 radical (unpaired) electrons. The zero-order valence-corrected chi connectivity index (χ0v) is 7.68. The Morgan fingerprint density at radius 3 is 2.58 bits per heavy atom. The number of amides is 1. The van der Waals surface area contributed by atoms with Crippen molar-refractivity contribution in [1.82, 2.24) is 5.43 Å². The maximum atomic E-state index is 10.8. The third kappa shape index (κ3) is 5.09. The first-order chi connectivity index (χ1) is 5.74. The van der Waals surface area contributed by atoms with Gasteiger partial charge in [0, 0.05) is 6.42 Å². The van der Waals surface area contributed by atoms with Crippen molar-refractivity contribution in [2.45, 2.75) is 32.6 Å². The van der Waals surface area contributed by atoms with Gasteiger partial charge in [-0.05, 0) is 25.3 Å². The molecule has 4 nitrogen and oxygen atoms in total. The van der Waals surface area contributed by atoms with Crippen LogP contribution in [-0.4, -0.2) is 12.5 Å². The van der Waals surface area contributed by atoms with E-state index in [1.165, 1.54) is 0 Å². The van der Waals surface area contributed by atoms with Gasteiger partial charge in [-0.15, -0.1) is 0 Å². The van der Waals surface area contributed by atoms with Crippen LogP contribution in [0.25, 0.3) is 0 Å². The van der Waals surface area contributed by atoms with E-state index in [1.54, 1.807) is 0 Å². The largest absolute Gasteiger partial charge is 0.330 e. The van der Waals surface area contributed by atoms with Crippen molar-refractivity contribution < 1.29 is 4.79 Å². The second-order valence-electron chi connectivity index (χ2n) is 2.96. The van der Waals surface area contributed by atoms with Gasteiger partial charge in [-0.3, -0.25) is 10.2 Å². The maximum Gasteiger partial charge on any atom is 0.233 e. The van der Waals surface area contributed by atoms with Gasteiger partial charge in [-0.1, -0.05) is 13.3 Å². The minimum absolute atomic E-state index is 0.0922. The van der Waals surface area contributed by atoms with Gasteiger partial charge in [0.25, 0.3) is 0 Å². The molecule has 0 fully saturated rings. The van der Waals surface area contributed by atoms with E-state index in [9.17, 15) is 4.79 Å². The lowest BCUT2D eigenvalue weighted by molar-refractivity contribution is -0.121. The molecule has 1 unspecified atom stereocenters. The molecule has 72 valence electrons. The lowest BCUT2D eigenvalue weighted by Gasteiger charge is -2.11. The number of rotatable bonds is 6. The predicted octanol–water partition coefficient (Wildman–Crippen LogP) is 0.132. The van der Waals surface area contributed by atoms with Crippen LogP contribution in [-0.2, 0) is 4.79 Å². The van der Waals surface area contributed by atoms with Crippen molar-refractivity contribution in [2.24, 2.45) is 17.5 Å². The van der Waals surface area contributed by atoms with Gasteiger partial charge in [0.15, 0.2) is 0 Å². The standard InChI is InChI=1S/C8H19N3O/c1-2-7(5-6-9)3-4-8(12)11-10/h7H,2-6,9-10H2,1H3,(H,11,12). The summed E-state index contributed by atoms with van der Waals surface area (Å²) in [7, 11) is 0. The molecule has 0 saturated heterocycles. The fourth-order valence-corrected chi connectivity index (χ4v) is 1.20. The number of nitrogens with two attached hydrogens (primary N) is 2. The van der Waals surface area contributed by atoms with E-state index in [-0.39, 0.29) is 5.91 Å². The topological polar surface area (TPSA) is 81.1 Å². The molecule has 0 rings (SSSR count). The summed E-state index contributed by atoms with van der Waals surface area (Å²) >= 11 is 0. The summed E-state index contributed by atoms with van der Waals surface area (Å²) in [5.41, 5.74) is 7.53. The Hall–Kier alpha value is -0.610. The number of carbonyl (C=O) groups excluding carboxylic acids is 1. The highest BCUT2D eigenvalue weighted by Gasteiger charge is 2.07. The number of hydrogen-bond donors (Lipinski definition) is 3. The van der Waals surface area contributed by atoms with Crippen LogP contribution in [0.1, 0.15) is 32.6 Å². The lowest BCUT2D eigenvalue weighted by atomic mass is 9.97. The Morgan fingerprint density at radius 2 is 2.17 bits per heavy atom. The molecule has 0 bridgehead atoms. The summed E-state index contributed by atoms with van der Waals surface area (Å²) in [6, 6.07) is 0. The van der Waals surface area contributed by atoms with Crippen LogP contribution in [0.4, 0.5) is 0 Å². The monoisotopic (exact) mass is 173 g/mol. The van der Waals surface area contributed by atoms with Crippen molar-refractivity contribution in [1.29, 1.82) is 0 Å². The van der Waals surface area contributed by atoms with Gasteiger partial charge in [-0.25, -0.2) is 5.84 Å². The molecule has 0 aromatic heterocycles. The molecular weight excluding hydrogens is 154 g/mol. The van der Waals surface area contributed by atoms with Gasteiger partial charge in [0.2, 0.25) is 5.91 Å². The van der Waals surface area contributed by atoms with Gasteiger partial charge >= 0.3 is 0 Å². The smallest absolute Gasteiger partial charge is 0.233 e. The molecule has 0 aromatic carbocycles. The zero-order chi connectivity index (χ0) is 9.40. The Kier molecular flexibility index (Phi) is 6.70. The van der Waals surface area contributed by atoms with Crippen LogP contribution in [0.3, 0.4) is 0 Å². The first-order valence-corrected chi connectivity index (χ1v) is 4.44. The Bertz CT molecular complexity index is 127. The normalized spacial score (nSPS) is 12.6. The van der Waals surface area contributed by atoms with E-state index in [0.717, 1.165) is 19.3 Å². The van der Waals surface area contributed by atoms with E-state index in [2.05, 4.69) is 12.3 Å². The van der Waals surface area contributed by atoms with Gasteiger partial charge in [0.1, 0.15) is 0 Å². The molecule has 0 spiro atoms. The molecule has 0 aliphatic rings. The highest BCUT2D eigenvalue weighted by molar-refractivity contribution is 5.75. The molecule has 0 aliphatic carbocycles. The van der Waals surface area contributed by atoms with E-state index in [1.807, 2.05) is 0 Å². The molecule has 1 atom stereocenters. The van der Waals surface area contributed by atoms with E-state index in [4.69, 9.17) is 11.6 Å². The number of carbonyl (C=O) groups is 1. The highest BCUT2D eigenvalue weighted by atomic mass is 16.2. The second-order valence-corrected chi connectivity index (χ2v) is 2.96. The SMILES string of the molecule is CCC(CCN)CCC(=O)NN. The maximum absolute atomic E-state index is 10.8. The molecule has 4 heteroatoms. The quantitative estimate of drug-likeness (QED) is 0.303. The summed E-state index contributed by atoms with van der Waals surface area (Å²) < 4.78 is 0. The number of hydrazine groups is 1. The molecule has 0 aliphatic heterocycles. The fraction of sp³-hybridized carbons (Fsp3) is 0.875. The zero-order valence-electron chi connectivity index (χ0n) is 7.68. The van der Waals surface area contributed by atoms with Crippen LogP contribution in [0.2, 0.25) is 0 Å². The fourth-order valence-electron chi connectivity index (χ4n) is 1.20. The third-order valence-corrected chi connectivity index (χ3v) is 2.09. The Morgan fingerprint density at radius 1 is 1.50 bits per heavy atom. The molecular formula is C8H19N3O. The molecule has 12 heavy (non-hydrogen) atoms. The van der Waals surface area contributed by atoms with Crippen molar-refractivity contribution in [3.8, 4) is 0 Å². The van der Waals surface area contributed by atoms with Crippen LogP contribution in [0.15, 0.2) is 0 Å². The summed E-state index contributed by atoms with van der Waals surface area (Å²) in [5.74, 6) is 5.42. The summed E-state index contributed by atoms with van der Waals surface area (Å²) in [6.07, 6.45) is 3.47. The van der Waals surface area contributed by atoms with Crippen LogP contribution < -0.4 is 17.0 Å². The summed E-state index contributed by atoms with van der Waals surface area (Å²) in [5, 5.41) is 0. The van der Waals surface area contributed by atoms with Gasteiger partial charge in [0.05, 0.1) is 0 Å². The van der Waals surface area contributed by atoms with E-state index < -0.39 is 0 Å². The van der Waals surface area contributed by atoms with Crippen molar-refractivity contribution in [3.05, 3.63) is 0 Å². The minimum Gasteiger partial charge on any atom is -0.330 e. The van der Waals surface area contributed by atoms with E-state index >= 15 is 0 Å². The van der Waals surface area contributed by atoms with E-state index in [0.29, 0.717) is 18.9 Å². The van der Waals surface area contributed by atoms with Gasteiger partial charge < -0.3 is 5.73 Å². The first-order valence-electron chi connectivity index (χ1n) is 4.44. The number of hydrogen-bond acceptors (Lipinski definition) is 3. The number of nitrogens with one attached hydrogen (secondary N) is 1. The predicted molar refractivity (Wildman–Crippen MR) is 49.0 cm³/mol. The highest BCUT2D eigenvalue weighted by Crippen LogP contribution is 2.13. The molecule has 0 heterocycles. The summed E-state index contributed by atoms with van der Waals surface area (Å²) in [4.78, 5) is 10.8. The minimum atomic E-state index is -0.0922. The summed E-state index contributed by atoms with van der Waals surface area (Å²) in [6.45, 7) is 2.81. The van der Waals surface area contributed by atoms with Crippen LogP contribution in [0.5, 0.6) is 0 Å². The Balaban J connectivity index is 3.50. The molecule has 5 N–H and O–H groups in total. The molecule has 0 saturated carbocycles. The van der Waals surface area contributed by atoms with Crippen LogP contribution in [0, 0.1) is 5.92 Å². The first kappa shape index (κ1) is 11.4. The lowest BCUT2D eigenvalue weighted by Crippen LogP contribution is -2.30. The molecule has 0 aromatic rings. The van der Waals surface area contributed by atoms with Crippen molar-refractivity contribution >= 4 is 5.91 Å². The Labute approximate surface area is 73.7 Å².